The fourth-order valence-corrected chi connectivity index (χ4v) is 2.27. The number of carbonyl (C=O) groups excluding carboxylic acids is 2. The maximum Gasteiger partial charge on any atom is 0.242 e. The molecule has 20 heavy (non-hydrogen) atoms. The zero-order valence-corrected chi connectivity index (χ0v) is 13.9. The number of nitrogens with one attached hydrogen (secondary N) is 2. The summed E-state index contributed by atoms with van der Waals surface area (Å²) in [6.45, 7) is 9.99. The van der Waals surface area contributed by atoms with Crippen molar-refractivity contribution in [2.24, 2.45) is 17.1 Å². The van der Waals surface area contributed by atoms with E-state index in [0.29, 0.717) is 25.3 Å². The van der Waals surface area contributed by atoms with Gasteiger partial charge < -0.3 is 16.4 Å². The van der Waals surface area contributed by atoms with Crippen LogP contribution in [0.15, 0.2) is 0 Å². The smallest absolute Gasteiger partial charge is 0.242 e. The fraction of sp³-hybridized carbons (Fsp3) is 0.786. The molecule has 0 heterocycles. The zero-order chi connectivity index (χ0) is 15.9. The molecule has 0 aliphatic carbocycles. The summed E-state index contributed by atoms with van der Waals surface area (Å²) in [6.07, 6.45) is 1.04. The monoisotopic (exact) mass is 301 g/mol. The first-order chi connectivity index (χ1) is 9.21. The molecule has 0 aliphatic rings. The van der Waals surface area contributed by atoms with E-state index in [2.05, 4.69) is 10.6 Å². The molecule has 2 amide bonds. The zero-order valence-electron chi connectivity index (χ0n) is 13.1. The largest absolute Gasteiger partial charge is 0.392 e. The third-order valence-electron chi connectivity index (χ3n) is 3.54. The molecule has 0 rings (SSSR count). The molecule has 0 saturated heterocycles. The van der Waals surface area contributed by atoms with Gasteiger partial charge >= 0.3 is 0 Å². The quantitative estimate of drug-likeness (QED) is 0.591. The third-order valence-corrected chi connectivity index (χ3v) is 3.93. The number of carbonyl (C=O) groups is 2. The van der Waals surface area contributed by atoms with E-state index in [9.17, 15) is 9.59 Å². The highest BCUT2D eigenvalue weighted by Crippen LogP contribution is 2.27. The van der Waals surface area contributed by atoms with Gasteiger partial charge in [0, 0.05) is 6.54 Å². The highest BCUT2D eigenvalue weighted by atomic mass is 32.1. The number of hydrogen-bond acceptors (Lipinski definition) is 3. The molecule has 0 fully saturated rings. The van der Waals surface area contributed by atoms with Crippen LogP contribution in [0.1, 0.15) is 47.5 Å². The molecule has 0 aromatic carbocycles. The van der Waals surface area contributed by atoms with Crippen molar-refractivity contribution in [3.05, 3.63) is 0 Å². The van der Waals surface area contributed by atoms with Gasteiger partial charge in [-0.3, -0.25) is 9.59 Å². The van der Waals surface area contributed by atoms with E-state index in [1.807, 2.05) is 27.7 Å². The number of nitrogens with two attached hydrogens (primary N) is 1. The molecule has 1 unspecified atom stereocenters. The average Bonchev–Trinajstić information content (AvgIpc) is 2.37. The average molecular weight is 301 g/mol. The van der Waals surface area contributed by atoms with Crippen LogP contribution >= 0.6 is 12.2 Å². The lowest BCUT2D eigenvalue weighted by Gasteiger charge is -2.30. The van der Waals surface area contributed by atoms with Gasteiger partial charge in [0.25, 0.3) is 0 Å². The summed E-state index contributed by atoms with van der Waals surface area (Å²) in [6, 6.07) is -0.604. The van der Waals surface area contributed by atoms with Crippen LogP contribution < -0.4 is 16.4 Å². The minimum Gasteiger partial charge on any atom is -0.392 e. The van der Waals surface area contributed by atoms with Crippen molar-refractivity contribution >= 4 is 29.0 Å². The molecule has 0 saturated carbocycles. The van der Waals surface area contributed by atoms with Crippen LogP contribution in [0.3, 0.4) is 0 Å². The third kappa shape index (κ3) is 4.74. The number of rotatable bonds is 8. The predicted octanol–water partition coefficient (Wildman–Crippen LogP) is 1.36. The Labute approximate surface area is 127 Å². The fourth-order valence-electron chi connectivity index (χ4n) is 1.89. The van der Waals surface area contributed by atoms with Crippen molar-refractivity contribution in [2.75, 3.05) is 6.54 Å². The van der Waals surface area contributed by atoms with E-state index in [4.69, 9.17) is 18.0 Å². The number of thiocarbonyl (C=S) groups is 1. The minimum absolute atomic E-state index is 0.176. The summed E-state index contributed by atoms with van der Waals surface area (Å²) in [5, 5.41) is 5.50. The van der Waals surface area contributed by atoms with Gasteiger partial charge in [-0.05, 0) is 25.7 Å². The summed E-state index contributed by atoms with van der Waals surface area (Å²) in [4.78, 5) is 24.4. The Bertz CT molecular complexity index is 365. The SMILES string of the molecule is CCC(CC)(C(=O)NC(C)C(=O)NCC(C)C)C(N)=S. The molecule has 0 aromatic heterocycles. The number of hydrogen-bond donors (Lipinski definition) is 3. The minimum atomic E-state index is -0.873. The molecule has 0 bridgehead atoms. The van der Waals surface area contributed by atoms with Crippen molar-refractivity contribution in [1.82, 2.24) is 10.6 Å². The molecule has 0 spiro atoms. The van der Waals surface area contributed by atoms with Crippen molar-refractivity contribution in [1.29, 1.82) is 0 Å². The van der Waals surface area contributed by atoms with Crippen LogP contribution in [-0.2, 0) is 9.59 Å². The molecular formula is C14H27N3O2S. The molecule has 0 radical (unpaired) electrons. The van der Waals surface area contributed by atoms with E-state index >= 15 is 0 Å². The van der Waals surface area contributed by atoms with Gasteiger partial charge in [0.1, 0.15) is 6.04 Å². The first-order valence-corrected chi connectivity index (χ1v) is 7.50. The van der Waals surface area contributed by atoms with E-state index in [1.165, 1.54) is 0 Å². The molecule has 5 nitrogen and oxygen atoms in total. The Balaban J connectivity index is 4.72. The van der Waals surface area contributed by atoms with Crippen molar-refractivity contribution in [2.45, 2.75) is 53.5 Å². The summed E-state index contributed by atoms with van der Waals surface area (Å²) in [5.74, 6) is -0.109. The summed E-state index contributed by atoms with van der Waals surface area (Å²) >= 11 is 5.02. The second-order valence-corrected chi connectivity index (χ2v) is 5.93. The molecule has 4 N–H and O–H groups in total. The van der Waals surface area contributed by atoms with Crippen LogP contribution in [0, 0.1) is 11.3 Å². The van der Waals surface area contributed by atoms with E-state index in [-0.39, 0.29) is 16.8 Å². The Morgan fingerprint density at radius 1 is 1.20 bits per heavy atom. The van der Waals surface area contributed by atoms with E-state index < -0.39 is 11.5 Å². The lowest BCUT2D eigenvalue weighted by molar-refractivity contribution is -0.132. The summed E-state index contributed by atoms with van der Waals surface area (Å²) in [7, 11) is 0. The predicted molar refractivity (Wildman–Crippen MR) is 85.3 cm³/mol. The van der Waals surface area contributed by atoms with E-state index in [1.54, 1.807) is 6.92 Å². The van der Waals surface area contributed by atoms with Gasteiger partial charge in [0.2, 0.25) is 11.8 Å². The molecule has 6 heteroatoms. The summed E-state index contributed by atoms with van der Waals surface area (Å²) < 4.78 is 0. The standard InChI is InChI=1S/C14H27N3O2S/c1-6-14(7-2,12(15)20)13(19)17-10(5)11(18)16-8-9(3)4/h9-10H,6-8H2,1-5H3,(H2,15,20)(H,16,18)(H,17,19). The van der Waals surface area contributed by atoms with Crippen LogP contribution in [0.4, 0.5) is 0 Å². The topological polar surface area (TPSA) is 84.2 Å². The van der Waals surface area contributed by atoms with Gasteiger partial charge in [-0.2, -0.15) is 0 Å². The highest BCUT2D eigenvalue weighted by Gasteiger charge is 2.39. The molecule has 0 aromatic rings. The Morgan fingerprint density at radius 2 is 1.70 bits per heavy atom. The van der Waals surface area contributed by atoms with Gasteiger partial charge in [-0.25, -0.2) is 0 Å². The van der Waals surface area contributed by atoms with Crippen molar-refractivity contribution < 1.29 is 9.59 Å². The summed E-state index contributed by atoms with van der Waals surface area (Å²) in [5.41, 5.74) is 4.84. The Morgan fingerprint density at radius 3 is 2.05 bits per heavy atom. The lowest BCUT2D eigenvalue weighted by Crippen LogP contribution is -2.54. The second kappa shape index (κ2) is 8.19. The van der Waals surface area contributed by atoms with Gasteiger partial charge in [0.15, 0.2) is 0 Å². The molecule has 116 valence electrons. The van der Waals surface area contributed by atoms with Gasteiger partial charge in [-0.1, -0.05) is 39.9 Å². The van der Waals surface area contributed by atoms with Crippen LogP contribution in [0.25, 0.3) is 0 Å². The molecule has 1 atom stereocenters. The van der Waals surface area contributed by atoms with Crippen LogP contribution in [0.2, 0.25) is 0 Å². The highest BCUT2D eigenvalue weighted by molar-refractivity contribution is 7.80. The molecular weight excluding hydrogens is 274 g/mol. The maximum atomic E-state index is 12.4. The Kier molecular flexibility index (Phi) is 7.71. The number of amides is 2. The Hall–Kier alpha value is -1.17. The second-order valence-electron chi connectivity index (χ2n) is 5.49. The van der Waals surface area contributed by atoms with Crippen LogP contribution in [0.5, 0.6) is 0 Å². The first-order valence-electron chi connectivity index (χ1n) is 7.09. The lowest BCUT2D eigenvalue weighted by atomic mass is 9.81. The van der Waals surface area contributed by atoms with Crippen molar-refractivity contribution in [3.8, 4) is 0 Å². The normalized spacial score (nSPS) is 12.9. The van der Waals surface area contributed by atoms with Gasteiger partial charge in [-0.15, -0.1) is 0 Å². The maximum absolute atomic E-state index is 12.4. The molecule has 0 aliphatic heterocycles. The van der Waals surface area contributed by atoms with Gasteiger partial charge in [0.05, 0.1) is 10.4 Å². The van der Waals surface area contributed by atoms with E-state index in [0.717, 1.165) is 0 Å². The first kappa shape index (κ1) is 18.8. The van der Waals surface area contributed by atoms with Crippen LogP contribution in [-0.4, -0.2) is 29.4 Å². The van der Waals surface area contributed by atoms with Crippen molar-refractivity contribution in [3.63, 3.8) is 0 Å².